The molecule has 1 saturated heterocycles. The molecule has 1 fully saturated rings. The molecule has 0 N–H and O–H groups in total. The molecule has 0 radical (unpaired) electrons. The van der Waals surface area contributed by atoms with Gasteiger partial charge >= 0.3 is 0 Å². The van der Waals surface area contributed by atoms with Gasteiger partial charge < -0.3 is 4.74 Å². The van der Waals surface area contributed by atoms with Crippen LogP contribution in [0.25, 0.3) is 0 Å². The summed E-state index contributed by atoms with van der Waals surface area (Å²) >= 11 is 12.1. The zero-order valence-electron chi connectivity index (χ0n) is 10.2. The zero-order valence-corrected chi connectivity index (χ0v) is 11.7. The Morgan fingerprint density at radius 2 is 2.05 bits per heavy atom. The highest BCUT2D eigenvalue weighted by molar-refractivity contribution is 6.36. The van der Waals surface area contributed by atoms with Crippen LogP contribution in [0.15, 0.2) is 18.2 Å². The van der Waals surface area contributed by atoms with Crippen molar-refractivity contribution < 1.29 is 9.53 Å². The van der Waals surface area contributed by atoms with E-state index in [0.29, 0.717) is 28.6 Å². The van der Waals surface area contributed by atoms with Gasteiger partial charge in [-0.3, -0.25) is 4.79 Å². The first-order chi connectivity index (χ1) is 9.15. The SMILES string of the molecule is N#CC(C(=O)C1CCCCO1)c1c(Cl)cccc1Cl. The maximum absolute atomic E-state index is 12.4. The molecule has 1 aromatic carbocycles. The normalized spacial score (nSPS) is 20.6. The molecule has 2 unspecified atom stereocenters. The minimum atomic E-state index is -0.968. The molecule has 0 saturated carbocycles. The standard InChI is InChI=1S/C14H13Cl2NO2/c15-10-4-3-5-11(16)13(10)9(8-17)14(18)12-6-1-2-7-19-12/h3-5,9,12H,1-2,6-7H2. The van der Waals surface area contributed by atoms with Gasteiger partial charge in [0.2, 0.25) is 0 Å². The van der Waals surface area contributed by atoms with Gasteiger partial charge in [-0.1, -0.05) is 29.3 Å². The number of benzene rings is 1. The van der Waals surface area contributed by atoms with Crippen LogP contribution in [0.1, 0.15) is 30.7 Å². The summed E-state index contributed by atoms with van der Waals surface area (Å²) in [6, 6.07) is 6.94. The summed E-state index contributed by atoms with van der Waals surface area (Å²) in [6.07, 6.45) is 2.02. The van der Waals surface area contributed by atoms with E-state index in [1.54, 1.807) is 18.2 Å². The lowest BCUT2D eigenvalue weighted by molar-refractivity contribution is -0.133. The van der Waals surface area contributed by atoms with Crippen molar-refractivity contribution in [1.29, 1.82) is 5.26 Å². The summed E-state index contributed by atoms with van der Waals surface area (Å²) in [5.41, 5.74) is 0.382. The van der Waals surface area contributed by atoms with E-state index in [0.717, 1.165) is 12.8 Å². The number of carbonyl (C=O) groups is 1. The predicted molar refractivity (Wildman–Crippen MR) is 73.4 cm³/mol. The molecular weight excluding hydrogens is 285 g/mol. The molecule has 2 atom stereocenters. The summed E-state index contributed by atoms with van der Waals surface area (Å²) < 4.78 is 5.44. The van der Waals surface area contributed by atoms with E-state index in [4.69, 9.17) is 27.9 Å². The van der Waals surface area contributed by atoms with Gasteiger partial charge in [-0.15, -0.1) is 0 Å². The lowest BCUT2D eigenvalue weighted by atomic mass is 9.90. The van der Waals surface area contributed by atoms with Crippen molar-refractivity contribution in [3.8, 4) is 6.07 Å². The first-order valence-electron chi connectivity index (χ1n) is 6.14. The highest BCUT2D eigenvalue weighted by atomic mass is 35.5. The molecule has 1 aliphatic heterocycles. The number of carbonyl (C=O) groups excluding carboxylic acids is 1. The average Bonchev–Trinajstić information content (AvgIpc) is 2.43. The third-order valence-corrected chi connectivity index (χ3v) is 3.86. The van der Waals surface area contributed by atoms with Crippen molar-refractivity contribution >= 4 is 29.0 Å². The highest BCUT2D eigenvalue weighted by Gasteiger charge is 2.32. The maximum atomic E-state index is 12.4. The van der Waals surface area contributed by atoms with Crippen LogP contribution in [-0.4, -0.2) is 18.5 Å². The fourth-order valence-electron chi connectivity index (χ4n) is 2.21. The van der Waals surface area contributed by atoms with Crippen molar-refractivity contribution in [1.82, 2.24) is 0 Å². The first-order valence-corrected chi connectivity index (χ1v) is 6.89. The Morgan fingerprint density at radius 3 is 2.58 bits per heavy atom. The molecule has 2 rings (SSSR count). The average molecular weight is 298 g/mol. The topological polar surface area (TPSA) is 50.1 Å². The van der Waals surface area contributed by atoms with Crippen LogP contribution in [-0.2, 0) is 9.53 Å². The number of nitriles is 1. The van der Waals surface area contributed by atoms with Crippen molar-refractivity contribution in [2.45, 2.75) is 31.3 Å². The number of hydrogen-bond donors (Lipinski definition) is 0. The summed E-state index contributed by atoms with van der Waals surface area (Å²) in [5.74, 6) is -1.22. The summed E-state index contributed by atoms with van der Waals surface area (Å²) in [5, 5.41) is 9.96. The number of ketones is 1. The molecule has 100 valence electrons. The molecule has 1 aromatic rings. The van der Waals surface area contributed by atoms with Crippen LogP contribution in [0.4, 0.5) is 0 Å². The second-order valence-electron chi connectivity index (χ2n) is 4.46. The van der Waals surface area contributed by atoms with Crippen molar-refractivity contribution in [3.05, 3.63) is 33.8 Å². The van der Waals surface area contributed by atoms with E-state index in [2.05, 4.69) is 0 Å². The van der Waals surface area contributed by atoms with Crippen LogP contribution >= 0.6 is 23.2 Å². The number of ether oxygens (including phenoxy) is 1. The van der Waals surface area contributed by atoms with E-state index in [-0.39, 0.29) is 5.78 Å². The Hall–Kier alpha value is -1.08. The van der Waals surface area contributed by atoms with Crippen molar-refractivity contribution in [3.63, 3.8) is 0 Å². The van der Waals surface area contributed by atoms with Crippen LogP contribution in [0.3, 0.4) is 0 Å². The van der Waals surface area contributed by atoms with Gasteiger partial charge in [-0.25, -0.2) is 0 Å². The minimum absolute atomic E-state index is 0.253. The second-order valence-corrected chi connectivity index (χ2v) is 5.27. The minimum Gasteiger partial charge on any atom is -0.370 e. The molecule has 5 heteroatoms. The molecule has 19 heavy (non-hydrogen) atoms. The number of rotatable bonds is 3. The number of nitrogens with zero attached hydrogens (tertiary/aromatic N) is 1. The fraction of sp³-hybridized carbons (Fsp3) is 0.429. The quantitative estimate of drug-likeness (QED) is 0.854. The smallest absolute Gasteiger partial charge is 0.183 e. The van der Waals surface area contributed by atoms with Crippen molar-refractivity contribution in [2.75, 3.05) is 6.61 Å². The Labute approximate surface area is 122 Å². The molecule has 0 amide bonds. The zero-order chi connectivity index (χ0) is 13.8. The molecule has 0 spiro atoms. The fourth-order valence-corrected chi connectivity index (χ4v) is 2.82. The Bertz CT molecular complexity index is 498. The Balaban J connectivity index is 2.29. The van der Waals surface area contributed by atoms with Gasteiger partial charge in [-0.05, 0) is 31.4 Å². The molecule has 3 nitrogen and oxygen atoms in total. The highest BCUT2D eigenvalue weighted by Crippen LogP contribution is 2.33. The summed E-state index contributed by atoms with van der Waals surface area (Å²) in [6.45, 7) is 0.560. The lowest BCUT2D eigenvalue weighted by Crippen LogP contribution is -2.32. The van der Waals surface area contributed by atoms with E-state index in [1.165, 1.54) is 0 Å². The summed E-state index contributed by atoms with van der Waals surface area (Å²) in [7, 11) is 0. The molecular formula is C14H13Cl2NO2. The van der Waals surface area contributed by atoms with Crippen molar-refractivity contribution in [2.24, 2.45) is 0 Å². The van der Waals surface area contributed by atoms with Gasteiger partial charge in [0.15, 0.2) is 5.78 Å². The number of halogens is 2. The number of Topliss-reactive ketones (excluding diaryl/α,β-unsaturated/α-hetero) is 1. The van der Waals surface area contributed by atoms with Gasteiger partial charge in [0.25, 0.3) is 0 Å². The van der Waals surface area contributed by atoms with E-state index in [1.807, 2.05) is 6.07 Å². The first kappa shape index (κ1) is 14.3. The molecule has 1 aliphatic rings. The van der Waals surface area contributed by atoms with Crippen LogP contribution in [0, 0.1) is 11.3 Å². The number of hydrogen-bond acceptors (Lipinski definition) is 3. The summed E-state index contributed by atoms with van der Waals surface area (Å²) in [4.78, 5) is 12.4. The van der Waals surface area contributed by atoms with Gasteiger partial charge in [0.05, 0.1) is 6.07 Å². The molecule has 0 aliphatic carbocycles. The second kappa shape index (κ2) is 6.38. The monoisotopic (exact) mass is 297 g/mol. The maximum Gasteiger partial charge on any atom is 0.183 e. The van der Waals surface area contributed by atoms with Gasteiger partial charge in [-0.2, -0.15) is 5.26 Å². The van der Waals surface area contributed by atoms with E-state index in [9.17, 15) is 10.1 Å². The van der Waals surface area contributed by atoms with Crippen LogP contribution in [0.2, 0.25) is 10.0 Å². The third-order valence-electron chi connectivity index (χ3n) is 3.20. The van der Waals surface area contributed by atoms with Crippen LogP contribution in [0.5, 0.6) is 0 Å². The third kappa shape index (κ3) is 3.09. The van der Waals surface area contributed by atoms with Crippen LogP contribution < -0.4 is 0 Å². The lowest BCUT2D eigenvalue weighted by Gasteiger charge is -2.23. The van der Waals surface area contributed by atoms with Gasteiger partial charge in [0.1, 0.15) is 12.0 Å². The molecule has 1 heterocycles. The largest absolute Gasteiger partial charge is 0.370 e. The van der Waals surface area contributed by atoms with E-state index >= 15 is 0 Å². The van der Waals surface area contributed by atoms with E-state index < -0.39 is 12.0 Å². The Morgan fingerprint density at radius 1 is 1.37 bits per heavy atom. The predicted octanol–water partition coefficient (Wildman–Crippen LogP) is 3.74. The molecule has 0 aromatic heterocycles. The molecule has 0 bridgehead atoms. The van der Waals surface area contributed by atoms with Gasteiger partial charge in [0, 0.05) is 22.2 Å². The Kier molecular flexibility index (Phi) is 4.81.